The molecule has 2 fully saturated rings. The Bertz CT molecular complexity index is 1080. The van der Waals surface area contributed by atoms with Gasteiger partial charge in [0.15, 0.2) is 0 Å². The number of hydrogen-bond acceptors (Lipinski definition) is 3. The van der Waals surface area contributed by atoms with E-state index >= 15 is 0 Å². The molecule has 2 aromatic carbocycles. The van der Waals surface area contributed by atoms with Gasteiger partial charge in [0.1, 0.15) is 11.6 Å². The van der Waals surface area contributed by atoms with E-state index in [1.54, 1.807) is 0 Å². The first-order valence-corrected chi connectivity index (χ1v) is 11.9. The second-order valence-electron chi connectivity index (χ2n) is 8.39. The van der Waals surface area contributed by atoms with Gasteiger partial charge in [-0.2, -0.15) is 4.31 Å². The van der Waals surface area contributed by atoms with Crippen LogP contribution in [0.15, 0.2) is 47.4 Å². The summed E-state index contributed by atoms with van der Waals surface area (Å²) in [5.74, 6) is -2.56. The van der Waals surface area contributed by atoms with E-state index in [0.717, 1.165) is 18.2 Å². The molecule has 0 amide bonds. The lowest BCUT2D eigenvalue weighted by molar-refractivity contribution is -0.139. The van der Waals surface area contributed by atoms with Crippen LogP contribution >= 0.6 is 11.6 Å². The molecule has 0 radical (unpaired) electrons. The maximum atomic E-state index is 14.0. The lowest BCUT2D eigenvalue weighted by Gasteiger charge is -2.44. The predicted octanol–water partition coefficient (Wildman–Crippen LogP) is 5.16. The second kappa shape index (κ2) is 8.15. The third-order valence-corrected chi connectivity index (χ3v) is 8.51. The number of carboxylic acids is 1. The minimum Gasteiger partial charge on any atom is -0.481 e. The molecule has 5 nitrogen and oxygen atoms in total. The van der Waals surface area contributed by atoms with Crippen molar-refractivity contribution in [3.8, 4) is 0 Å². The highest BCUT2D eigenvalue weighted by atomic mass is 35.5. The van der Waals surface area contributed by atoms with Gasteiger partial charge in [0.25, 0.3) is 0 Å². The van der Waals surface area contributed by atoms with Crippen molar-refractivity contribution in [2.75, 3.05) is 0 Å². The Kier molecular flexibility index (Phi) is 5.83. The van der Waals surface area contributed by atoms with E-state index in [0.29, 0.717) is 37.1 Å². The van der Waals surface area contributed by atoms with Crippen LogP contribution < -0.4 is 0 Å². The molecule has 9 heteroatoms. The molecule has 4 rings (SSSR count). The summed E-state index contributed by atoms with van der Waals surface area (Å²) >= 11 is 5.92. The van der Waals surface area contributed by atoms with E-state index in [4.69, 9.17) is 11.6 Å². The predicted molar refractivity (Wildman–Crippen MR) is 111 cm³/mol. The zero-order chi connectivity index (χ0) is 22.4. The molecule has 166 valence electrons. The molecule has 2 aromatic rings. The van der Waals surface area contributed by atoms with Crippen LogP contribution in [0.3, 0.4) is 0 Å². The quantitative estimate of drug-likeness (QED) is 0.634. The second-order valence-corrected chi connectivity index (χ2v) is 10.7. The van der Waals surface area contributed by atoms with Gasteiger partial charge in [0.05, 0.1) is 17.4 Å². The topological polar surface area (TPSA) is 74.7 Å². The minimum absolute atomic E-state index is 0.0109. The van der Waals surface area contributed by atoms with E-state index in [1.807, 2.05) is 0 Å². The highest BCUT2D eigenvalue weighted by molar-refractivity contribution is 7.89. The molecule has 1 aliphatic carbocycles. The Morgan fingerprint density at radius 2 is 1.71 bits per heavy atom. The van der Waals surface area contributed by atoms with E-state index in [-0.39, 0.29) is 16.9 Å². The van der Waals surface area contributed by atoms with Crippen molar-refractivity contribution in [3.05, 3.63) is 64.7 Å². The molecule has 2 aliphatic rings. The highest BCUT2D eigenvalue weighted by Crippen LogP contribution is 2.58. The fourth-order valence-corrected chi connectivity index (χ4v) is 6.86. The lowest BCUT2D eigenvalue weighted by Crippen LogP contribution is -2.50. The van der Waals surface area contributed by atoms with Crippen molar-refractivity contribution >= 4 is 27.6 Å². The van der Waals surface area contributed by atoms with Crippen molar-refractivity contribution in [3.63, 3.8) is 0 Å². The Morgan fingerprint density at radius 3 is 2.26 bits per heavy atom. The average molecular weight is 470 g/mol. The summed E-state index contributed by atoms with van der Waals surface area (Å²) < 4.78 is 56.8. The molecule has 0 bridgehead atoms. The third kappa shape index (κ3) is 4.33. The summed E-state index contributed by atoms with van der Waals surface area (Å²) in [6, 6.07) is 7.39. The molecule has 2 atom stereocenters. The number of sulfonamides is 1. The number of carbonyl (C=O) groups is 1. The maximum absolute atomic E-state index is 14.0. The fraction of sp³-hybridized carbons (Fsp3) is 0.409. The first kappa shape index (κ1) is 22.2. The molecular weight excluding hydrogens is 448 g/mol. The smallest absolute Gasteiger partial charge is 0.303 e. The van der Waals surface area contributed by atoms with Crippen LogP contribution in [0, 0.1) is 17.0 Å². The van der Waals surface area contributed by atoms with Gasteiger partial charge in [-0.1, -0.05) is 11.6 Å². The van der Waals surface area contributed by atoms with Crippen LogP contribution in [0.4, 0.5) is 8.78 Å². The number of aliphatic carboxylic acids is 1. The molecule has 1 saturated carbocycles. The van der Waals surface area contributed by atoms with E-state index in [2.05, 4.69) is 0 Å². The van der Waals surface area contributed by atoms with E-state index in [1.165, 1.54) is 28.6 Å². The first-order valence-electron chi connectivity index (χ1n) is 10.1. The summed E-state index contributed by atoms with van der Waals surface area (Å²) in [5.41, 5.74) is -0.443. The standard InChI is InChI=1S/C22H22ClF2NO4S/c23-15-4-6-18(7-5-15)31(29,30)26-19(14-10-16(24)12-17(25)11-14)2-1-3-20(26)22(8-9-22)13-21(27)28/h4-7,10-12,19-20H,1-3,8-9,13H2,(H,27,28)/t19-,20+/m1/s1. The molecule has 0 aromatic heterocycles. The summed E-state index contributed by atoms with van der Waals surface area (Å²) in [6.45, 7) is 0. The Balaban J connectivity index is 1.84. The van der Waals surface area contributed by atoms with Gasteiger partial charge in [-0.25, -0.2) is 17.2 Å². The van der Waals surface area contributed by atoms with E-state index in [9.17, 15) is 27.1 Å². The van der Waals surface area contributed by atoms with Crippen molar-refractivity contribution < 1.29 is 27.1 Å². The van der Waals surface area contributed by atoms with Crippen molar-refractivity contribution in [2.45, 2.75) is 55.5 Å². The molecule has 0 unspecified atom stereocenters. The van der Waals surface area contributed by atoms with Crippen molar-refractivity contribution in [1.29, 1.82) is 0 Å². The van der Waals surface area contributed by atoms with Gasteiger partial charge < -0.3 is 5.11 Å². The van der Waals surface area contributed by atoms with Crippen molar-refractivity contribution in [2.24, 2.45) is 5.41 Å². The summed E-state index contributed by atoms with van der Waals surface area (Å²) in [7, 11) is -4.09. The number of piperidine rings is 1. The highest BCUT2D eigenvalue weighted by Gasteiger charge is 2.57. The third-order valence-electron chi connectivity index (χ3n) is 6.33. The van der Waals surface area contributed by atoms with Crippen LogP contribution in [-0.2, 0) is 14.8 Å². The van der Waals surface area contributed by atoms with Gasteiger partial charge in [-0.3, -0.25) is 4.79 Å². The fourth-order valence-electron chi connectivity index (χ4n) is 4.79. The molecule has 1 N–H and O–H groups in total. The number of carboxylic acid groups (broad SMARTS) is 1. The Labute approximate surface area is 184 Å². The summed E-state index contributed by atoms with van der Waals surface area (Å²) in [6.07, 6.45) is 2.56. The minimum atomic E-state index is -4.09. The molecule has 1 aliphatic heterocycles. The molecule has 31 heavy (non-hydrogen) atoms. The molecule has 0 spiro atoms. The largest absolute Gasteiger partial charge is 0.481 e. The van der Waals surface area contributed by atoms with Crippen molar-refractivity contribution in [1.82, 2.24) is 4.31 Å². The van der Waals surface area contributed by atoms with Crippen LogP contribution in [0.1, 0.15) is 50.1 Å². The van der Waals surface area contributed by atoms with Gasteiger partial charge in [0, 0.05) is 17.1 Å². The van der Waals surface area contributed by atoms with Crippen LogP contribution in [0.25, 0.3) is 0 Å². The van der Waals surface area contributed by atoms with Gasteiger partial charge in [-0.05, 0) is 79.5 Å². The number of nitrogens with zero attached hydrogens (tertiary/aromatic N) is 1. The van der Waals surface area contributed by atoms with Gasteiger partial charge >= 0.3 is 5.97 Å². The maximum Gasteiger partial charge on any atom is 0.303 e. The van der Waals surface area contributed by atoms with Crippen LogP contribution in [-0.4, -0.2) is 29.8 Å². The van der Waals surface area contributed by atoms with Crippen LogP contribution in [0.5, 0.6) is 0 Å². The summed E-state index contributed by atoms with van der Waals surface area (Å²) in [5, 5.41) is 9.81. The first-order chi connectivity index (χ1) is 14.6. The molecular formula is C22H22ClF2NO4S. The normalized spacial score (nSPS) is 23.5. The van der Waals surface area contributed by atoms with Gasteiger partial charge in [-0.15, -0.1) is 0 Å². The monoisotopic (exact) mass is 469 g/mol. The number of rotatable bonds is 6. The SMILES string of the molecule is O=C(O)CC1([C@@H]2CCC[C@H](c3cc(F)cc(F)c3)N2S(=O)(=O)c2ccc(Cl)cc2)CC1. The number of halogens is 3. The Hall–Kier alpha value is -2.03. The van der Waals surface area contributed by atoms with Crippen LogP contribution in [0.2, 0.25) is 5.02 Å². The van der Waals surface area contributed by atoms with Gasteiger partial charge in [0.2, 0.25) is 10.0 Å². The lowest BCUT2D eigenvalue weighted by atomic mass is 9.83. The van der Waals surface area contributed by atoms with E-state index < -0.39 is 45.1 Å². The number of benzene rings is 2. The molecule has 1 heterocycles. The number of hydrogen-bond donors (Lipinski definition) is 1. The Morgan fingerprint density at radius 1 is 1.10 bits per heavy atom. The average Bonchev–Trinajstić information content (AvgIpc) is 3.47. The molecule has 1 saturated heterocycles. The zero-order valence-corrected chi connectivity index (χ0v) is 18.2. The summed E-state index contributed by atoms with van der Waals surface area (Å²) in [4.78, 5) is 11.5. The zero-order valence-electron chi connectivity index (χ0n) is 16.6.